The van der Waals surface area contributed by atoms with Gasteiger partial charge in [0.2, 0.25) is 17.7 Å². The monoisotopic (exact) mass is 571 g/mol. The molecule has 2 aromatic rings. The number of phenolic OH excluding ortho intramolecular Hbond substituents is 1. The highest BCUT2D eigenvalue weighted by Gasteiger charge is 2.32. The van der Waals surface area contributed by atoms with Gasteiger partial charge in [-0.25, -0.2) is 4.79 Å². The Hall–Kier alpha value is -4.49. The van der Waals surface area contributed by atoms with Crippen LogP contribution in [0.4, 0.5) is 0 Å². The SMILES string of the molecule is NCCCCC(N)C(=O)NC(Cc1ccc(O)cc1)C(=O)NC(CC(=O)O)C(=O)NC(Cc1ccccc1)C(=O)O. The average molecular weight is 572 g/mol. The van der Waals surface area contributed by atoms with E-state index in [0.717, 1.165) is 0 Å². The molecule has 13 heteroatoms. The lowest BCUT2D eigenvalue weighted by molar-refractivity contribution is -0.143. The second kappa shape index (κ2) is 16.6. The van der Waals surface area contributed by atoms with Crippen LogP contribution in [0.2, 0.25) is 0 Å². The minimum Gasteiger partial charge on any atom is -0.508 e. The van der Waals surface area contributed by atoms with Gasteiger partial charge in [0.25, 0.3) is 0 Å². The van der Waals surface area contributed by atoms with E-state index in [4.69, 9.17) is 11.5 Å². The molecule has 2 rings (SSSR count). The van der Waals surface area contributed by atoms with Gasteiger partial charge in [-0.3, -0.25) is 19.2 Å². The Morgan fingerprint density at radius 1 is 0.707 bits per heavy atom. The maximum Gasteiger partial charge on any atom is 0.326 e. The minimum absolute atomic E-state index is 0.0117. The standard InChI is InChI=1S/C28H37N5O8/c29-13-5-4-8-20(30)25(37)31-21(14-18-9-11-19(34)12-10-18)26(38)32-22(16-24(35)36)27(39)33-23(28(40)41)15-17-6-2-1-3-7-17/h1-3,6-7,9-12,20-23,34H,4-5,8,13-16,29-30H2,(H,31,37)(H,32,38)(H,33,39)(H,35,36)(H,40,41). The first-order valence-corrected chi connectivity index (χ1v) is 13.1. The summed E-state index contributed by atoms with van der Waals surface area (Å²) in [4.78, 5) is 62.4. The van der Waals surface area contributed by atoms with Crippen LogP contribution in [-0.4, -0.2) is 75.7 Å². The molecule has 0 bridgehead atoms. The lowest BCUT2D eigenvalue weighted by Gasteiger charge is -2.25. The molecule has 0 saturated carbocycles. The lowest BCUT2D eigenvalue weighted by atomic mass is 10.0. The summed E-state index contributed by atoms with van der Waals surface area (Å²) in [6, 6.07) is 9.12. The van der Waals surface area contributed by atoms with Crippen molar-refractivity contribution in [3.05, 3.63) is 65.7 Å². The smallest absolute Gasteiger partial charge is 0.326 e. The molecule has 2 aromatic carbocycles. The maximum atomic E-state index is 13.3. The number of carboxylic acid groups (broad SMARTS) is 2. The Balaban J connectivity index is 2.22. The van der Waals surface area contributed by atoms with Crippen molar-refractivity contribution >= 4 is 29.7 Å². The van der Waals surface area contributed by atoms with Crippen LogP contribution in [0.5, 0.6) is 5.75 Å². The third-order valence-corrected chi connectivity index (χ3v) is 6.22. The Morgan fingerprint density at radius 2 is 1.24 bits per heavy atom. The molecule has 0 aliphatic carbocycles. The van der Waals surface area contributed by atoms with Crippen molar-refractivity contribution in [1.82, 2.24) is 16.0 Å². The quantitative estimate of drug-likeness (QED) is 0.115. The zero-order valence-corrected chi connectivity index (χ0v) is 22.5. The molecule has 0 aromatic heterocycles. The molecule has 0 saturated heterocycles. The number of carboxylic acids is 2. The van der Waals surface area contributed by atoms with Gasteiger partial charge in [0, 0.05) is 12.8 Å². The molecule has 4 unspecified atom stereocenters. The topological polar surface area (TPSA) is 234 Å². The highest BCUT2D eigenvalue weighted by Crippen LogP contribution is 2.12. The van der Waals surface area contributed by atoms with Gasteiger partial charge in [-0.1, -0.05) is 48.9 Å². The normalized spacial score (nSPS) is 13.7. The second-order valence-electron chi connectivity index (χ2n) is 9.57. The van der Waals surface area contributed by atoms with Crippen LogP contribution in [0.25, 0.3) is 0 Å². The molecule has 0 aliphatic rings. The van der Waals surface area contributed by atoms with Gasteiger partial charge < -0.3 is 42.7 Å². The lowest BCUT2D eigenvalue weighted by Crippen LogP contribution is -2.58. The summed E-state index contributed by atoms with van der Waals surface area (Å²) in [5.74, 6) is -5.30. The first kappa shape index (κ1) is 32.7. The largest absolute Gasteiger partial charge is 0.508 e. The molecule has 0 spiro atoms. The van der Waals surface area contributed by atoms with Gasteiger partial charge in [0.05, 0.1) is 12.5 Å². The van der Waals surface area contributed by atoms with Crippen molar-refractivity contribution in [2.45, 2.75) is 62.7 Å². The molecule has 0 heterocycles. The fourth-order valence-corrected chi connectivity index (χ4v) is 3.97. The Kier molecular flexibility index (Phi) is 13.2. The maximum absolute atomic E-state index is 13.3. The number of aromatic hydroxyl groups is 1. The molecule has 41 heavy (non-hydrogen) atoms. The number of unbranched alkanes of at least 4 members (excludes halogenated alkanes) is 1. The van der Waals surface area contributed by atoms with E-state index >= 15 is 0 Å². The molecular formula is C28H37N5O8. The predicted octanol–water partition coefficient (Wildman–Crippen LogP) is -0.353. The van der Waals surface area contributed by atoms with Crippen LogP contribution in [0.1, 0.15) is 36.8 Å². The minimum atomic E-state index is -1.64. The Bertz CT molecular complexity index is 1180. The number of hydrogen-bond acceptors (Lipinski definition) is 8. The zero-order valence-electron chi connectivity index (χ0n) is 22.5. The van der Waals surface area contributed by atoms with E-state index in [1.165, 1.54) is 24.3 Å². The van der Waals surface area contributed by atoms with Gasteiger partial charge in [-0.15, -0.1) is 0 Å². The van der Waals surface area contributed by atoms with Crippen molar-refractivity contribution in [3.63, 3.8) is 0 Å². The molecule has 3 amide bonds. The molecule has 0 aliphatic heterocycles. The van der Waals surface area contributed by atoms with Gasteiger partial charge in [-0.05, 0) is 42.6 Å². The van der Waals surface area contributed by atoms with Crippen molar-refractivity contribution < 1.29 is 39.3 Å². The number of nitrogens with two attached hydrogens (primary N) is 2. The van der Waals surface area contributed by atoms with Crippen LogP contribution in [-0.2, 0) is 36.8 Å². The number of carbonyl (C=O) groups excluding carboxylic acids is 3. The van der Waals surface area contributed by atoms with Crippen molar-refractivity contribution in [2.75, 3.05) is 6.54 Å². The predicted molar refractivity (Wildman–Crippen MR) is 149 cm³/mol. The highest BCUT2D eigenvalue weighted by atomic mass is 16.4. The number of benzene rings is 2. The van der Waals surface area contributed by atoms with E-state index in [9.17, 15) is 39.3 Å². The van der Waals surface area contributed by atoms with E-state index in [-0.39, 0.29) is 18.6 Å². The van der Waals surface area contributed by atoms with Gasteiger partial charge in [0.1, 0.15) is 23.9 Å². The van der Waals surface area contributed by atoms with E-state index in [1.807, 2.05) is 0 Å². The first-order chi connectivity index (χ1) is 19.5. The summed E-state index contributed by atoms with van der Waals surface area (Å²) in [6.07, 6.45) is 0.588. The highest BCUT2D eigenvalue weighted by molar-refractivity contribution is 5.95. The summed E-state index contributed by atoms with van der Waals surface area (Å²) < 4.78 is 0. The fourth-order valence-electron chi connectivity index (χ4n) is 3.97. The molecule has 0 fully saturated rings. The van der Waals surface area contributed by atoms with Crippen LogP contribution < -0.4 is 27.4 Å². The van der Waals surface area contributed by atoms with E-state index in [1.54, 1.807) is 30.3 Å². The van der Waals surface area contributed by atoms with Crippen LogP contribution in [0, 0.1) is 0 Å². The van der Waals surface area contributed by atoms with Crippen LogP contribution >= 0.6 is 0 Å². The first-order valence-electron chi connectivity index (χ1n) is 13.1. The molecule has 0 radical (unpaired) electrons. The fraction of sp³-hybridized carbons (Fsp3) is 0.393. The van der Waals surface area contributed by atoms with Crippen LogP contribution in [0.15, 0.2) is 54.6 Å². The summed E-state index contributed by atoms with van der Waals surface area (Å²) >= 11 is 0. The van der Waals surface area contributed by atoms with Crippen molar-refractivity contribution in [1.29, 1.82) is 0 Å². The molecule has 4 atom stereocenters. The van der Waals surface area contributed by atoms with Crippen LogP contribution in [0.3, 0.4) is 0 Å². The number of phenols is 1. The number of amides is 3. The number of nitrogens with one attached hydrogen (secondary N) is 3. The second-order valence-corrected chi connectivity index (χ2v) is 9.57. The van der Waals surface area contributed by atoms with E-state index in [0.29, 0.717) is 36.9 Å². The van der Waals surface area contributed by atoms with E-state index < -0.39 is 60.2 Å². The number of carbonyl (C=O) groups is 5. The van der Waals surface area contributed by atoms with E-state index in [2.05, 4.69) is 16.0 Å². The summed E-state index contributed by atoms with van der Waals surface area (Å²) in [5.41, 5.74) is 12.6. The third-order valence-electron chi connectivity index (χ3n) is 6.22. The summed E-state index contributed by atoms with van der Waals surface area (Å²) in [5, 5.41) is 35.8. The number of rotatable bonds is 17. The molecule has 13 nitrogen and oxygen atoms in total. The summed E-state index contributed by atoms with van der Waals surface area (Å²) in [7, 11) is 0. The Morgan fingerprint density at radius 3 is 1.83 bits per heavy atom. The third kappa shape index (κ3) is 11.6. The molecule has 222 valence electrons. The average Bonchev–Trinajstić information content (AvgIpc) is 2.93. The Labute approximate surface area is 237 Å². The molecular weight excluding hydrogens is 534 g/mol. The van der Waals surface area contributed by atoms with Gasteiger partial charge >= 0.3 is 11.9 Å². The number of hydrogen-bond donors (Lipinski definition) is 8. The van der Waals surface area contributed by atoms with Crippen molar-refractivity contribution in [3.8, 4) is 5.75 Å². The molecule has 10 N–H and O–H groups in total. The van der Waals surface area contributed by atoms with Gasteiger partial charge in [0.15, 0.2) is 0 Å². The summed E-state index contributed by atoms with van der Waals surface area (Å²) in [6.45, 7) is 0.432. The van der Waals surface area contributed by atoms with Gasteiger partial charge in [-0.2, -0.15) is 0 Å². The number of aliphatic carboxylic acids is 2. The van der Waals surface area contributed by atoms with Crippen molar-refractivity contribution in [2.24, 2.45) is 11.5 Å². The zero-order chi connectivity index (χ0) is 30.4.